The van der Waals surface area contributed by atoms with Gasteiger partial charge in [0.25, 0.3) is 0 Å². The van der Waals surface area contributed by atoms with Gasteiger partial charge < -0.3 is 51.9 Å². The Hall–Kier alpha value is -1.88. The number of carbonyl (C=O) groups is 2. The number of carboxylic acid groups (broad SMARTS) is 2. The number of carboxylic acids is 2. The number of ether oxygens (including phenoxy) is 1. The number of likely N-dealkylation sites (tertiary alicyclic amines) is 1. The Morgan fingerprint density at radius 1 is 1.22 bits per heavy atom. The number of aliphatic carboxylic acids is 2. The summed E-state index contributed by atoms with van der Waals surface area (Å²) in [5, 5.41) is 45.3. The van der Waals surface area contributed by atoms with Crippen LogP contribution in [0.2, 0.25) is 0 Å². The van der Waals surface area contributed by atoms with Gasteiger partial charge in [0.1, 0.15) is 29.5 Å². The lowest BCUT2D eigenvalue weighted by Crippen LogP contribution is -3.00. The van der Waals surface area contributed by atoms with Crippen LogP contribution in [0.3, 0.4) is 0 Å². The maximum Gasteiger partial charge on any atom is 0.326 e. The summed E-state index contributed by atoms with van der Waals surface area (Å²) in [5.74, 6) is -0.940. The lowest BCUT2D eigenvalue weighted by atomic mass is 9.48. The third kappa shape index (κ3) is 3.51. The number of rotatable bonds is 8. The fraction of sp³-hybridized carbons (Fsp3) is 0.692. The number of nitrogens with one attached hydrogen (secondary N) is 1. The van der Waals surface area contributed by atoms with E-state index in [1.165, 1.54) is 12.8 Å². The molecule has 5 N–H and O–H groups in total. The van der Waals surface area contributed by atoms with Crippen molar-refractivity contribution in [3.05, 3.63) is 23.3 Å². The smallest absolute Gasteiger partial charge is 0.326 e. The molecular formula is C26H35BrN2O7. The van der Waals surface area contributed by atoms with E-state index in [1.54, 1.807) is 0 Å². The van der Waals surface area contributed by atoms with Crippen molar-refractivity contribution in [1.29, 1.82) is 0 Å². The number of hydrogen-bond acceptors (Lipinski definition) is 6. The van der Waals surface area contributed by atoms with Gasteiger partial charge in [0, 0.05) is 30.7 Å². The van der Waals surface area contributed by atoms with E-state index in [9.17, 15) is 24.9 Å². The van der Waals surface area contributed by atoms with Crippen LogP contribution in [-0.4, -0.2) is 86.9 Å². The second-order valence-corrected chi connectivity index (χ2v) is 11.8. The molecule has 6 rings (SSSR count). The van der Waals surface area contributed by atoms with E-state index in [-0.39, 0.29) is 35.9 Å². The van der Waals surface area contributed by atoms with Gasteiger partial charge in [-0.3, -0.25) is 4.79 Å². The Labute approximate surface area is 220 Å². The molecule has 1 aromatic carbocycles. The van der Waals surface area contributed by atoms with Gasteiger partial charge in [-0.2, -0.15) is 0 Å². The second kappa shape index (κ2) is 8.58. The van der Waals surface area contributed by atoms with E-state index < -0.39 is 41.2 Å². The lowest BCUT2D eigenvalue weighted by Gasteiger charge is -2.65. The van der Waals surface area contributed by atoms with E-state index >= 15 is 0 Å². The molecule has 2 aliphatic heterocycles. The van der Waals surface area contributed by atoms with Crippen molar-refractivity contribution in [3.63, 3.8) is 0 Å². The average Bonchev–Trinajstić information content (AvgIpc) is 3.52. The zero-order valence-corrected chi connectivity index (χ0v) is 22.0. The van der Waals surface area contributed by atoms with Crippen molar-refractivity contribution < 1.29 is 56.2 Å². The van der Waals surface area contributed by atoms with E-state index in [0.717, 1.165) is 41.0 Å². The van der Waals surface area contributed by atoms with Crippen LogP contribution in [0.1, 0.15) is 56.1 Å². The molecule has 36 heavy (non-hydrogen) atoms. The molecule has 10 heteroatoms. The summed E-state index contributed by atoms with van der Waals surface area (Å²) in [6, 6.07) is 2.76. The van der Waals surface area contributed by atoms with Crippen LogP contribution in [0.15, 0.2) is 12.1 Å². The van der Waals surface area contributed by atoms with Gasteiger partial charge in [0.05, 0.1) is 37.3 Å². The molecule has 0 amide bonds. The summed E-state index contributed by atoms with van der Waals surface area (Å²) < 4.78 is 7.31. The van der Waals surface area contributed by atoms with Crippen LogP contribution in [0, 0.1) is 5.92 Å². The first-order valence-electron chi connectivity index (χ1n) is 12.9. The van der Waals surface area contributed by atoms with Crippen molar-refractivity contribution in [3.8, 4) is 5.75 Å². The Kier molecular flexibility index (Phi) is 6.14. The van der Waals surface area contributed by atoms with Crippen molar-refractivity contribution >= 4 is 17.6 Å². The van der Waals surface area contributed by atoms with Crippen LogP contribution in [0.25, 0.3) is 0 Å². The summed E-state index contributed by atoms with van der Waals surface area (Å²) in [6.45, 7) is 1.98. The van der Waals surface area contributed by atoms with Crippen LogP contribution < -0.4 is 27.0 Å². The minimum absolute atomic E-state index is 0. The highest BCUT2D eigenvalue weighted by Crippen LogP contribution is 2.66. The molecule has 1 aromatic rings. The largest absolute Gasteiger partial charge is 1.00 e. The number of aliphatic hydroxyl groups is 2. The van der Waals surface area contributed by atoms with E-state index in [0.29, 0.717) is 30.7 Å². The van der Waals surface area contributed by atoms with Crippen LogP contribution >= 0.6 is 0 Å². The molecule has 1 unspecified atom stereocenters. The molecule has 2 heterocycles. The van der Waals surface area contributed by atoms with E-state index in [4.69, 9.17) is 9.84 Å². The highest BCUT2D eigenvalue weighted by molar-refractivity contribution is 5.80. The first kappa shape index (κ1) is 25.8. The van der Waals surface area contributed by atoms with Crippen molar-refractivity contribution in [2.24, 2.45) is 5.92 Å². The summed E-state index contributed by atoms with van der Waals surface area (Å²) in [6.07, 6.45) is 3.29. The van der Waals surface area contributed by atoms with Gasteiger partial charge in [-0.05, 0) is 43.7 Å². The fourth-order valence-electron chi connectivity index (χ4n) is 7.97. The molecule has 9 nitrogen and oxygen atoms in total. The Morgan fingerprint density at radius 3 is 2.64 bits per heavy atom. The topological polar surface area (TPSA) is 136 Å². The van der Waals surface area contributed by atoms with Crippen molar-refractivity contribution in [1.82, 2.24) is 0 Å². The molecule has 198 valence electrons. The molecule has 7 atom stereocenters. The van der Waals surface area contributed by atoms with Gasteiger partial charge in [0.2, 0.25) is 0 Å². The number of likely N-dealkylation sites (N-methyl/N-ethyl adjacent to an activating group) is 1. The fourth-order valence-corrected chi connectivity index (χ4v) is 7.97. The maximum atomic E-state index is 12.5. The number of aliphatic hydroxyl groups excluding tert-OH is 1. The number of nitrogens with zero attached hydrogens (tertiary/aromatic N) is 1. The van der Waals surface area contributed by atoms with Gasteiger partial charge in [0.15, 0.2) is 0 Å². The summed E-state index contributed by atoms with van der Waals surface area (Å²) >= 11 is 0. The molecule has 1 spiro atoms. The quantitative estimate of drug-likeness (QED) is 0.240. The predicted octanol–water partition coefficient (Wildman–Crippen LogP) is -1.51. The first-order chi connectivity index (χ1) is 16.6. The molecule has 5 aliphatic rings. The predicted molar refractivity (Wildman–Crippen MR) is 125 cm³/mol. The molecule has 0 radical (unpaired) electrons. The van der Waals surface area contributed by atoms with Crippen LogP contribution in [0.4, 0.5) is 5.69 Å². The van der Waals surface area contributed by atoms with Crippen molar-refractivity contribution in [2.75, 3.05) is 25.5 Å². The molecule has 3 fully saturated rings. The third-order valence-electron chi connectivity index (χ3n) is 9.74. The number of anilines is 1. The van der Waals surface area contributed by atoms with E-state index in [2.05, 4.69) is 12.4 Å². The third-order valence-corrected chi connectivity index (χ3v) is 9.74. The van der Waals surface area contributed by atoms with Gasteiger partial charge in [-0.1, -0.05) is 6.07 Å². The highest BCUT2D eigenvalue weighted by Gasteiger charge is 2.76. The number of quaternary nitrogens is 1. The molecule has 2 bridgehead atoms. The summed E-state index contributed by atoms with van der Waals surface area (Å²) in [7, 11) is 2.28. The monoisotopic (exact) mass is 566 g/mol. The van der Waals surface area contributed by atoms with Gasteiger partial charge >= 0.3 is 11.9 Å². The SMILES string of the molecule is C[N+]1(CC2CC2)CC[C@]23c4c5ccc(N[C@@H](CCC(=O)O)C(=O)O)c4O[C@H]2[C@H](O)CC[C@@]3(O)[C@H]1C5.[Br-]. The zero-order chi connectivity index (χ0) is 24.8. The molecule has 0 aromatic heterocycles. The van der Waals surface area contributed by atoms with Crippen LogP contribution in [0.5, 0.6) is 5.75 Å². The minimum atomic E-state index is -1.13. The van der Waals surface area contributed by atoms with Gasteiger partial charge in [-0.15, -0.1) is 0 Å². The first-order valence-corrected chi connectivity index (χ1v) is 12.9. The maximum absolute atomic E-state index is 12.5. The summed E-state index contributed by atoms with van der Waals surface area (Å²) in [5.41, 5.74) is 0.778. The average molecular weight is 567 g/mol. The van der Waals surface area contributed by atoms with Gasteiger partial charge in [-0.25, -0.2) is 4.79 Å². The Bertz CT molecular complexity index is 1100. The second-order valence-electron chi connectivity index (χ2n) is 11.8. The standard InChI is InChI=1S/C26H34N2O7.BrH/c1-28(13-14-2-3-14)11-10-25-21-15-4-5-16(27-17(24(32)33)6-7-20(30)31)22(21)35-23(25)18(29)8-9-26(25,34)19(28)12-15;/h4-5,14,17-19,23,27,29,34H,2-3,6-13H2,1H3,(H-,30,31,32,33);1H/t17-,18+,19+,23-,25-,26+,28?;/m0./s1. The number of hydrogen-bond donors (Lipinski definition) is 5. The zero-order valence-electron chi connectivity index (χ0n) is 20.5. The Balaban J connectivity index is 0.00000267. The van der Waals surface area contributed by atoms with Crippen LogP contribution in [-0.2, 0) is 21.4 Å². The normalized spacial score (nSPS) is 38.2. The number of piperidine rings is 1. The number of halogens is 1. The summed E-state index contributed by atoms with van der Waals surface area (Å²) in [4.78, 5) is 22.9. The minimum Gasteiger partial charge on any atom is -1.00 e. The number of benzene rings is 1. The molecule has 1 saturated heterocycles. The molecular weight excluding hydrogens is 532 g/mol. The molecule has 3 aliphatic carbocycles. The van der Waals surface area contributed by atoms with Crippen molar-refractivity contribution in [2.45, 2.75) is 86.7 Å². The Morgan fingerprint density at radius 2 is 1.97 bits per heavy atom. The highest BCUT2D eigenvalue weighted by atomic mass is 79.9. The molecule has 2 saturated carbocycles. The lowest BCUT2D eigenvalue weighted by molar-refractivity contribution is -0.950. The van der Waals surface area contributed by atoms with E-state index in [1.807, 2.05) is 12.1 Å².